The molecule has 2 rings (SSSR count). The van der Waals surface area contributed by atoms with Crippen LogP contribution in [0, 0.1) is 0 Å². The van der Waals surface area contributed by atoms with E-state index in [2.05, 4.69) is 15.0 Å². The molecule has 1 fully saturated rings. The summed E-state index contributed by atoms with van der Waals surface area (Å²) in [6, 6.07) is -0.0826. The third-order valence-electron chi connectivity index (χ3n) is 3.03. The maximum Gasteiger partial charge on any atom is 0.401 e. The molecule has 0 unspecified atom stereocenters. The Balaban J connectivity index is 2.10. The van der Waals surface area contributed by atoms with E-state index < -0.39 is 12.7 Å². The first-order chi connectivity index (χ1) is 8.83. The molecule has 106 valence electrons. The van der Waals surface area contributed by atoms with E-state index in [4.69, 9.17) is 11.5 Å². The van der Waals surface area contributed by atoms with Crippen LogP contribution in [0.4, 0.5) is 25.1 Å². The fourth-order valence-corrected chi connectivity index (χ4v) is 2.01. The van der Waals surface area contributed by atoms with Crippen LogP contribution >= 0.6 is 0 Å². The van der Waals surface area contributed by atoms with Gasteiger partial charge in [-0.3, -0.25) is 4.90 Å². The maximum atomic E-state index is 12.5. The van der Waals surface area contributed by atoms with Crippen molar-refractivity contribution < 1.29 is 13.2 Å². The summed E-state index contributed by atoms with van der Waals surface area (Å²) in [7, 11) is 0. The molecule has 1 aliphatic rings. The van der Waals surface area contributed by atoms with Crippen LogP contribution in [-0.4, -0.2) is 38.6 Å². The van der Waals surface area contributed by atoms with E-state index in [0.29, 0.717) is 0 Å². The van der Waals surface area contributed by atoms with Crippen molar-refractivity contribution >= 4 is 11.9 Å². The molecule has 0 bridgehead atoms. The van der Waals surface area contributed by atoms with Gasteiger partial charge in [-0.25, -0.2) is 0 Å². The molecule has 1 aliphatic carbocycles. The zero-order valence-corrected chi connectivity index (χ0v) is 10.2. The molecular formula is C10H15F3N6. The van der Waals surface area contributed by atoms with Crippen LogP contribution in [0.15, 0.2) is 0 Å². The Labute approximate surface area is 108 Å². The van der Waals surface area contributed by atoms with Crippen LogP contribution < -0.4 is 11.5 Å². The predicted molar refractivity (Wildman–Crippen MR) is 62.8 cm³/mol. The number of anilines is 2. The SMILES string of the molecule is Nc1nc(N)nc(CN(CC(F)(F)F)C2CCC2)n1. The van der Waals surface area contributed by atoms with Gasteiger partial charge in [0.15, 0.2) is 0 Å². The highest BCUT2D eigenvalue weighted by molar-refractivity contribution is 5.25. The third kappa shape index (κ3) is 3.91. The van der Waals surface area contributed by atoms with Gasteiger partial charge in [-0.05, 0) is 12.8 Å². The van der Waals surface area contributed by atoms with Gasteiger partial charge in [-0.1, -0.05) is 6.42 Å². The summed E-state index contributed by atoms with van der Waals surface area (Å²) >= 11 is 0. The minimum Gasteiger partial charge on any atom is -0.368 e. The van der Waals surface area contributed by atoms with Crippen molar-refractivity contribution in [1.29, 1.82) is 0 Å². The smallest absolute Gasteiger partial charge is 0.368 e. The topological polar surface area (TPSA) is 93.9 Å². The largest absolute Gasteiger partial charge is 0.401 e. The molecule has 4 N–H and O–H groups in total. The molecule has 0 radical (unpaired) electrons. The minimum atomic E-state index is -4.25. The van der Waals surface area contributed by atoms with Gasteiger partial charge in [-0.15, -0.1) is 0 Å². The molecular weight excluding hydrogens is 261 g/mol. The summed E-state index contributed by atoms with van der Waals surface area (Å²) in [6.45, 7) is -1.01. The number of hydrogen-bond donors (Lipinski definition) is 2. The van der Waals surface area contributed by atoms with E-state index in [1.165, 1.54) is 4.90 Å². The van der Waals surface area contributed by atoms with Gasteiger partial charge >= 0.3 is 6.18 Å². The summed E-state index contributed by atoms with van der Waals surface area (Å²) in [6.07, 6.45) is -1.79. The quantitative estimate of drug-likeness (QED) is 0.850. The molecule has 19 heavy (non-hydrogen) atoms. The lowest BCUT2D eigenvalue weighted by Gasteiger charge is -2.37. The molecule has 0 amide bonds. The van der Waals surface area contributed by atoms with E-state index in [-0.39, 0.29) is 30.3 Å². The second kappa shape index (κ2) is 5.16. The van der Waals surface area contributed by atoms with E-state index in [1.807, 2.05) is 0 Å². The zero-order chi connectivity index (χ0) is 14.0. The number of hydrogen-bond acceptors (Lipinski definition) is 6. The third-order valence-corrected chi connectivity index (χ3v) is 3.03. The van der Waals surface area contributed by atoms with Gasteiger partial charge in [0.25, 0.3) is 0 Å². The lowest BCUT2D eigenvalue weighted by Crippen LogP contribution is -2.45. The van der Waals surface area contributed by atoms with Gasteiger partial charge in [0, 0.05) is 6.04 Å². The Bertz CT molecular complexity index is 425. The number of nitrogens with zero attached hydrogens (tertiary/aromatic N) is 4. The Hall–Kier alpha value is -1.64. The Morgan fingerprint density at radius 3 is 2.11 bits per heavy atom. The average Bonchev–Trinajstić information content (AvgIpc) is 2.08. The summed E-state index contributed by atoms with van der Waals surface area (Å²) in [5.41, 5.74) is 10.8. The second-order valence-corrected chi connectivity index (χ2v) is 4.57. The number of aromatic nitrogens is 3. The van der Waals surface area contributed by atoms with E-state index in [0.717, 1.165) is 19.3 Å². The van der Waals surface area contributed by atoms with Crippen molar-refractivity contribution in [2.75, 3.05) is 18.0 Å². The van der Waals surface area contributed by atoms with E-state index in [1.54, 1.807) is 0 Å². The Morgan fingerprint density at radius 1 is 1.11 bits per heavy atom. The lowest BCUT2D eigenvalue weighted by atomic mass is 9.91. The normalized spacial score (nSPS) is 16.6. The molecule has 0 aromatic carbocycles. The first kappa shape index (κ1) is 13.8. The van der Waals surface area contributed by atoms with Crippen LogP contribution in [0.3, 0.4) is 0 Å². The number of nitrogen functional groups attached to an aromatic ring is 2. The standard InChI is InChI=1S/C10H15F3N6/c11-10(12,13)5-19(6-2-1-3-6)4-7-16-8(14)18-9(15)17-7/h6H,1-5H2,(H4,14,15,16,17,18). The highest BCUT2D eigenvalue weighted by Gasteiger charge is 2.36. The summed E-state index contributed by atoms with van der Waals surface area (Å²) in [5.74, 6) is 0.00675. The molecule has 0 saturated heterocycles. The average molecular weight is 276 g/mol. The van der Waals surface area contributed by atoms with Gasteiger partial charge in [0.2, 0.25) is 11.9 Å². The van der Waals surface area contributed by atoms with Crippen LogP contribution in [0.5, 0.6) is 0 Å². The maximum absolute atomic E-state index is 12.5. The molecule has 1 aromatic heterocycles. The number of alkyl halides is 3. The van der Waals surface area contributed by atoms with Crippen LogP contribution in [-0.2, 0) is 6.54 Å². The summed E-state index contributed by atoms with van der Waals surface area (Å²) < 4.78 is 37.6. The van der Waals surface area contributed by atoms with Crippen molar-refractivity contribution in [3.05, 3.63) is 5.82 Å². The Kier molecular flexibility index (Phi) is 3.74. The van der Waals surface area contributed by atoms with Crippen LogP contribution in [0.2, 0.25) is 0 Å². The Morgan fingerprint density at radius 2 is 1.68 bits per heavy atom. The van der Waals surface area contributed by atoms with Gasteiger partial charge in [0.05, 0.1) is 13.1 Å². The van der Waals surface area contributed by atoms with Crippen molar-refractivity contribution in [2.45, 2.75) is 38.0 Å². The predicted octanol–water partition coefficient (Wildman–Crippen LogP) is 0.953. The van der Waals surface area contributed by atoms with Gasteiger partial charge in [-0.2, -0.15) is 28.1 Å². The fraction of sp³-hybridized carbons (Fsp3) is 0.700. The zero-order valence-electron chi connectivity index (χ0n) is 10.2. The van der Waals surface area contributed by atoms with E-state index in [9.17, 15) is 13.2 Å². The summed E-state index contributed by atoms with van der Waals surface area (Å²) in [5, 5.41) is 0. The first-order valence-corrected chi connectivity index (χ1v) is 5.90. The number of halogens is 3. The van der Waals surface area contributed by atoms with E-state index >= 15 is 0 Å². The molecule has 9 heteroatoms. The molecule has 6 nitrogen and oxygen atoms in total. The molecule has 0 atom stereocenters. The van der Waals surface area contributed by atoms with Crippen LogP contribution in [0.25, 0.3) is 0 Å². The second-order valence-electron chi connectivity index (χ2n) is 4.57. The molecule has 0 spiro atoms. The van der Waals surface area contributed by atoms with Crippen molar-refractivity contribution in [3.63, 3.8) is 0 Å². The molecule has 1 saturated carbocycles. The van der Waals surface area contributed by atoms with Crippen molar-refractivity contribution in [1.82, 2.24) is 19.9 Å². The first-order valence-electron chi connectivity index (χ1n) is 5.90. The fourth-order valence-electron chi connectivity index (χ4n) is 2.01. The highest BCUT2D eigenvalue weighted by atomic mass is 19.4. The number of nitrogens with two attached hydrogens (primary N) is 2. The van der Waals surface area contributed by atoms with Crippen molar-refractivity contribution in [3.8, 4) is 0 Å². The lowest BCUT2D eigenvalue weighted by molar-refractivity contribution is -0.156. The summed E-state index contributed by atoms with van der Waals surface area (Å²) in [4.78, 5) is 12.5. The molecule has 0 aliphatic heterocycles. The highest BCUT2D eigenvalue weighted by Crippen LogP contribution is 2.29. The van der Waals surface area contributed by atoms with Crippen molar-refractivity contribution in [2.24, 2.45) is 0 Å². The van der Waals surface area contributed by atoms with Crippen LogP contribution in [0.1, 0.15) is 25.1 Å². The van der Waals surface area contributed by atoms with Gasteiger partial charge in [0.1, 0.15) is 5.82 Å². The minimum absolute atomic E-state index is 0.0267. The van der Waals surface area contributed by atoms with Gasteiger partial charge < -0.3 is 11.5 Å². The molecule has 1 heterocycles. The molecule has 1 aromatic rings. The monoisotopic (exact) mass is 276 g/mol. The number of rotatable bonds is 4.